The molecule has 3 saturated carbocycles. The molecule has 4 atom stereocenters. The molecule has 1 nitrogen and oxygen atoms in total. The summed E-state index contributed by atoms with van der Waals surface area (Å²) in [6.07, 6.45) is 6.15. The van der Waals surface area contributed by atoms with Gasteiger partial charge in [-0.15, -0.1) is 0 Å². The molecule has 0 N–H and O–H groups in total. The third-order valence-corrected chi connectivity index (χ3v) is 4.84. The van der Waals surface area contributed by atoms with Gasteiger partial charge in [0.2, 0.25) is 0 Å². The number of hydrogen-bond acceptors (Lipinski definition) is 1. The quantitative estimate of drug-likeness (QED) is 0.537. The van der Waals surface area contributed by atoms with E-state index in [1.165, 1.54) is 25.7 Å². The largest absolute Gasteiger partial charge is 0.299 e. The fourth-order valence-corrected chi connectivity index (χ4v) is 4.27. The highest BCUT2D eigenvalue weighted by Gasteiger charge is 2.64. The van der Waals surface area contributed by atoms with Crippen molar-refractivity contribution >= 4 is 5.78 Å². The lowest BCUT2D eigenvalue weighted by Gasteiger charge is -2.41. The van der Waals surface area contributed by atoms with Crippen molar-refractivity contribution in [1.29, 1.82) is 0 Å². The van der Waals surface area contributed by atoms with Gasteiger partial charge < -0.3 is 0 Å². The summed E-state index contributed by atoms with van der Waals surface area (Å²) < 4.78 is 0. The number of Topliss-reactive ketones (excluding diaryl/α,β-unsaturated/α-hetero) is 1. The molecule has 1 heteroatoms. The summed E-state index contributed by atoms with van der Waals surface area (Å²) in [5.74, 6) is 3.02. The smallest absolute Gasteiger partial charge is 0.139 e. The fourth-order valence-electron chi connectivity index (χ4n) is 4.27. The van der Waals surface area contributed by atoms with Crippen molar-refractivity contribution in [1.82, 2.24) is 0 Å². The van der Waals surface area contributed by atoms with Crippen LogP contribution >= 0.6 is 0 Å². The molecule has 0 aliphatic heterocycles. The Morgan fingerprint density at radius 1 is 1.42 bits per heavy atom. The normalized spacial score (nSPS) is 56.4. The van der Waals surface area contributed by atoms with Crippen LogP contribution in [-0.2, 0) is 4.79 Å². The van der Waals surface area contributed by atoms with E-state index in [1.807, 2.05) is 0 Å². The van der Waals surface area contributed by atoms with Gasteiger partial charge in [-0.25, -0.2) is 0 Å². The monoisotopic (exact) mass is 164 g/mol. The molecule has 3 fully saturated rings. The van der Waals surface area contributed by atoms with Crippen molar-refractivity contribution in [3.8, 4) is 0 Å². The maximum atomic E-state index is 11.7. The highest BCUT2D eigenvalue weighted by atomic mass is 16.1. The number of ketones is 1. The van der Waals surface area contributed by atoms with Crippen LogP contribution in [-0.4, -0.2) is 5.78 Å². The maximum Gasteiger partial charge on any atom is 0.139 e. The van der Waals surface area contributed by atoms with Crippen LogP contribution in [0.5, 0.6) is 0 Å². The number of carbonyl (C=O) groups excluding carboxylic acids is 1. The summed E-state index contributed by atoms with van der Waals surface area (Å²) in [6.45, 7) is 2.34. The summed E-state index contributed by atoms with van der Waals surface area (Å²) in [5, 5.41) is 0. The second-order valence-corrected chi connectivity index (χ2v) is 5.06. The van der Waals surface area contributed by atoms with E-state index in [0.29, 0.717) is 5.78 Å². The van der Waals surface area contributed by atoms with Gasteiger partial charge in [0.15, 0.2) is 0 Å². The summed E-state index contributed by atoms with van der Waals surface area (Å²) in [7, 11) is 0. The first kappa shape index (κ1) is 7.11. The van der Waals surface area contributed by atoms with Gasteiger partial charge in [0.25, 0.3) is 0 Å². The summed E-state index contributed by atoms with van der Waals surface area (Å²) in [6, 6.07) is 0. The van der Waals surface area contributed by atoms with Crippen molar-refractivity contribution in [2.24, 2.45) is 23.2 Å². The van der Waals surface area contributed by atoms with Gasteiger partial charge in [-0.3, -0.25) is 4.79 Å². The summed E-state index contributed by atoms with van der Waals surface area (Å²) in [4.78, 5) is 11.7. The van der Waals surface area contributed by atoms with E-state index in [-0.39, 0.29) is 5.41 Å². The van der Waals surface area contributed by atoms with Gasteiger partial charge in [-0.1, -0.05) is 6.92 Å². The SMILES string of the molecule is C[C@H]1C[C@@H]2CC[C@H]1[C@@]21CCC1=O. The van der Waals surface area contributed by atoms with Crippen LogP contribution in [0.15, 0.2) is 0 Å². The van der Waals surface area contributed by atoms with E-state index in [4.69, 9.17) is 0 Å². The molecule has 0 radical (unpaired) electrons. The lowest BCUT2D eigenvalue weighted by Crippen LogP contribution is -2.45. The Balaban J connectivity index is 2.02. The second-order valence-electron chi connectivity index (χ2n) is 5.06. The Labute approximate surface area is 73.5 Å². The standard InChI is InChI=1S/C11H16O/c1-7-6-8-2-3-9(7)11(8)5-4-10(11)12/h7-9H,2-6H2,1H3/t7-,8-,9+,11+/m0/s1. The Morgan fingerprint density at radius 3 is 2.50 bits per heavy atom. The third kappa shape index (κ3) is 0.541. The fraction of sp³-hybridized carbons (Fsp3) is 0.909. The molecular formula is C11H16O. The Morgan fingerprint density at radius 2 is 2.25 bits per heavy atom. The molecule has 12 heavy (non-hydrogen) atoms. The van der Waals surface area contributed by atoms with E-state index in [0.717, 1.165) is 24.2 Å². The average molecular weight is 164 g/mol. The van der Waals surface area contributed by atoms with Crippen LogP contribution in [0.3, 0.4) is 0 Å². The molecule has 66 valence electrons. The zero-order valence-electron chi connectivity index (χ0n) is 7.68. The lowest BCUT2D eigenvalue weighted by atomic mass is 9.60. The minimum absolute atomic E-state index is 0.236. The van der Waals surface area contributed by atoms with E-state index in [1.54, 1.807) is 0 Å². The van der Waals surface area contributed by atoms with E-state index < -0.39 is 0 Å². The maximum absolute atomic E-state index is 11.7. The molecule has 0 saturated heterocycles. The molecule has 2 bridgehead atoms. The van der Waals surface area contributed by atoms with Crippen LogP contribution in [0.4, 0.5) is 0 Å². The number of carbonyl (C=O) groups is 1. The van der Waals surface area contributed by atoms with Crippen LogP contribution in [0.1, 0.15) is 39.0 Å². The van der Waals surface area contributed by atoms with Crippen LogP contribution in [0.25, 0.3) is 0 Å². The van der Waals surface area contributed by atoms with E-state index in [9.17, 15) is 4.79 Å². The molecule has 1 spiro atoms. The van der Waals surface area contributed by atoms with E-state index >= 15 is 0 Å². The number of rotatable bonds is 0. The first-order chi connectivity index (χ1) is 5.75. The van der Waals surface area contributed by atoms with Crippen LogP contribution in [0, 0.1) is 23.2 Å². The van der Waals surface area contributed by atoms with Crippen molar-refractivity contribution in [2.45, 2.75) is 39.0 Å². The zero-order valence-corrected chi connectivity index (χ0v) is 7.68. The van der Waals surface area contributed by atoms with Gasteiger partial charge in [-0.2, -0.15) is 0 Å². The molecule has 0 aromatic carbocycles. The van der Waals surface area contributed by atoms with Gasteiger partial charge in [0.1, 0.15) is 5.78 Å². The minimum atomic E-state index is 0.236. The van der Waals surface area contributed by atoms with Gasteiger partial charge in [0.05, 0.1) is 0 Å². The predicted molar refractivity (Wildman–Crippen MR) is 46.7 cm³/mol. The van der Waals surface area contributed by atoms with Crippen molar-refractivity contribution < 1.29 is 4.79 Å². The van der Waals surface area contributed by atoms with E-state index in [2.05, 4.69) is 6.92 Å². The summed E-state index contributed by atoms with van der Waals surface area (Å²) in [5.41, 5.74) is 0.236. The van der Waals surface area contributed by atoms with Crippen molar-refractivity contribution in [3.63, 3.8) is 0 Å². The van der Waals surface area contributed by atoms with Crippen LogP contribution < -0.4 is 0 Å². The highest BCUT2D eigenvalue weighted by Crippen LogP contribution is 2.67. The molecule has 0 unspecified atom stereocenters. The van der Waals surface area contributed by atoms with Gasteiger partial charge in [0, 0.05) is 11.8 Å². The predicted octanol–water partition coefficient (Wildman–Crippen LogP) is 2.40. The van der Waals surface area contributed by atoms with Gasteiger partial charge >= 0.3 is 0 Å². The zero-order chi connectivity index (χ0) is 8.34. The van der Waals surface area contributed by atoms with Gasteiger partial charge in [-0.05, 0) is 43.4 Å². The highest BCUT2D eigenvalue weighted by molar-refractivity contribution is 5.91. The number of hydrogen-bond donors (Lipinski definition) is 0. The Bertz CT molecular complexity index is 245. The van der Waals surface area contributed by atoms with Crippen LogP contribution in [0.2, 0.25) is 0 Å². The molecular weight excluding hydrogens is 148 g/mol. The third-order valence-electron chi connectivity index (χ3n) is 4.84. The first-order valence-electron chi connectivity index (χ1n) is 5.28. The van der Waals surface area contributed by atoms with Crippen molar-refractivity contribution in [3.05, 3.63) is 0 Å². The molecule has 0 aromatic rings. The molecule has 3 aliphatic rings. The minimum Gasteiger partial charge on any atom is -0.299 e. The lowest BCUT2D eigenvalue weighted by molar-refractivity contribution is -0.142. The summed E-state index contributed by atoms with van der Waals surface area (Å²) >= 11 is 0. The van der Waals surface area contributed by atoms with Crippen molar-refractivity contribution in [2.75, 3.05) is 0 Å². The first-order valence-corrected chi connectivity index (χ1v) is 5.28. The Kier molecular flexibility index (Phi) is 1.15. The molecule has 3 aliphatic carbocycles. The topological polar surface area (TPSA) is 17.1 Å². The Hall–Kier alpha value is -0.330. The molecule has 0 heterocycles. The second kappa shape index (κ2) is 1.94. The molecule has 0 amide bonds. The molecule has 3 rings (SSSR count). The molecule has 0 aromatic heterocycles. The average Bonchev–Trinajstić information content (AvgIpc) is 2.55.